The summed E-state index contributed by atoms with van der Waals surface area (Å²) < 4.78 is 18.9. The van der Waals surface area contributed by atoms with Crippen molar-refractivity contribution < 1.29 is 19.0 Å². The topological polar surface area (TPSA) is 59.4 Å². The van der Waals surface area contributed by atoms with Gasteiger partial charge in [0, 0.05) is 11.8 Å². The number of halogens is 1. The Morgan fingerprint density at radius 1 is 1.37 bits per heavy atom. The van der Waals surface area contributed by atoms with Crippen LogP contribution in [0.3, 0.4) is 0 Å². The molecule has 98 valence electrons. The van der Waals surface area contributed by atoms with Crippen LogP contribution >= 0.6 is 0 Å². The number of benzene rings is 1. The second kappa shape index (κ2) is 5.06. The lowest BCUT2D eigenvalue weighted by Gasteiger charge is -2.08. The normalized spacial score (nSPS) is 10.3. The van der Waals surface area contributed by atoms with Crippen molar-refractivity contribution in [2.75, 3.05) is 7.11 Å². The van der Waals surface area contributed by atoms with Crippen LogP contribution in [0.1, 0.15) is 15.9 Å². The molecule has 0 atom stereocenters. The second-order valence-electron chi connectivity index (χ2n) is 4.02. The number of ether oxygens (including phenoxy) is 1. The van der Waals surface area contributed by atoms with E-state index in [0.717, 1.165) is 0 Å². The Morgan fingerprint density at radius 2 is 2.11 bits per heavy atom. The molecule has 0 amide bonds. The molecule has 0 unspecified atom stereocenters. The van der Waals surface area contributed by atoms with Crippen molar-refractivity contribution in [3.05, 3.63) is 47.4 Å². The first kappa shape index (κ1) is 13.0. The molecule has 19 heavy (non-hydrogen) atoms. The largest absolute Gasteiger partial charge is 0.479 e. The van der Waals surface area contributed by atoms with Crippen LogP contribution in [0, 0.1) is 12.7 Å². The number of carbonyl (C=O) groups is 1. The fraction of sp³-hybridized carbons (Fsp3) is 0.143. The molecule has 0 aliphatic carbocycles. The van der Waals surface area contributed by atoms with E-state index in [0.29, 0.717) is 11.1 Å². The van der Waals surface area contributed by atoms with Crippen LogP contribution in [0.5, 0.6) is 5.88 Å². The van der Waals surface area contributed by atoms with Crippen molar-refractivity contribution >= 4 is 5.97 Å². The van der Waals surface area contributed by atoms with Gasteiger partial charge in [0.15, 0.2) is 5.82 Å². The van der Waals surface area contributed by atoms with Crippen molar-refractivity contribution in [3.63, 3.8) is 0 Å². The van der Waals surface area contributed by atoms with E-state index in [-0.39, 0.29) is 17.0 Å². The predicted octanol–water partition coefficient (Wildman–Crippen LogP) is 2.90. The Labute approximate surface area is 109 Å². The van der Waals surface area contributed by atoms with E-state index in [4.69, 9.17) is 9.84 Å². The molecule has 1 heterocycles. The number of carboxylic acid groups (broad SMARTS) is 1. The molecule has 0 aliphatic heterocycles. The molecule has 0 fully saturated rings. The summed E-state index contributed by atoms with van der Waals surface area (Å²) in [6, 6.07) is 6.23. The Hall–Kier alpha value is -2.43. The highest BCUT2D eigenvalue weighted by Gasteiger charge is 2.14. The SMILES string of the molecule is COc1nccc(-c2ccc(C)c(C(=O)O)c2)c1F. The molecule has 0 bridgehead atoms. The Morgan fingerprint density at radius 3 is 2.74 bits per heavy atom. The minimum Gasteiger partial charge on any atom is -0.479 e. The van der Waals surface area contributed by atoms with Crippen LogP contribution in [-0.4, -0.2) is 23.2 Å². The summed E-state index contributed by atoms with van der Waals surface area (Å²) in [5.41, 5.74) is 1.50. The first-order valence-corrected chi connectivity index (χ1v) is 5.57. The van der Waals surface area contributed by atoms with Gasteiger partial charge in [-0.15, -0.1) is 0 Å². The molecule has 2 rings (SSSR count). The van der Waals surface area contributed by atoms with Gasteiger partial charge < -0.3 is 9.84 Å². The third kappa shape index (κ3) is 2.40. The Bertz CT molecular complexity index is 641. The van der Waals surface area contributed by atoms with Gasteiger partial charge in [0.25, 0.3) is 5.88 Å². The van der Waals surface area contributed by atoms with Crippen LogP contribution in [0.25, 0.3) is 11.1 Å². The predicted molar refractivity (Wildman–Crippen MR) is 67.9 cm³/mol. The number of hydrogen-bond acceptors (Lipinski definition) is 3. The molecular weight excluding hydrogens is 249 g/mol. The van der Waals surface area contributed by atoms with Gasteiger partial charge in [-0.3, -0.25) is 0 Å². The lowest BCUT2D eigenvalue weighted by atomic mass is 10.00. The zero-order valence-electron chi connectivity index (χ0n) is 10.5. The monoisotopic (exact) mass is 261 g/mol. The van der Waals surface area contributed by atoms with Gasteiger partial charge in [-0.1, -0.05) is 12.1 Å². The fourth-order valence-corrected chi connectivity index (χ4v) is 1.81. The summed E-state index contributed by atoms with van der Waals surface area (Å²) in [5, 5.41) is 9.08. The zero-order chi connectivity index (χ0) is 14.0. The summed E-state index contributed by atoms with van der Waals surface area (Å²) in [6.07, 6.45) is 1.41. The number of nitrogens with zero attached hydrogens (tertiary/aromatic N) is 1. The highest BCUT2D eigenvalue weighted by Crippen LogP contribution is 2.28. The van der Waals surface area contributed by atoms with Crippen molar-refractivity contribution in [1.29, 1.82) is 0 Å². The quantitative estimate of drug-likeness (QED) is 0.922. The van der Waals surface area contributed by atoms with E-state index >= 15 is 0 Å². The van der Waals surface area contributed by atoms with E-state index in [2.05, 4.69) is 4.98 Å². The first-order chi connectivity index (χ1) is 9.04. The van der Waals surface area contributed by atoms with Crippen molar-refractivity contribution in [2.45, 2.75) is 6.92 Å². The highest BCUT2D eigenvalue weighted by molar-refractivity contribution is 5.91. The minimum absolute atomic E-state index is 0.116. The molecule has 4 nitrogen and oxygen atoms in total. The maximum atomic E-state index is 14.1. The standard InChI is InChI=1S/C14H12FNO3/c1-8-3-4-9(7-11(8)14(17)18)10-5-6-16-13(19-2)12(10)15/h3-7H,1-2H3,(H,17,18). The van der Waals surface area contributed by atoms with Crippen LogP contribution in [0.2, 0.25) is 0 Å². The number of aromatic nitrogens is 1. The van der Waals surface area contributed by atoms with Crippen molar-refractivity contribution in [1.82, 2.24) is 4.98 Å². The lowest BCUT2D eigenvalue weighted by molar-refractivity contribution is 0.0696. The summed E-state index contributed by atoms with van der Waals surface area (Å²) in [5.74, 6) is -1.76. The second-order valence-corrected chi connectivity index (χ2v) is 4.02. The maximum absolute atomic E-state index is 14.1. The average Bonchev–Trinajstić information content (AvgIpc) is 2.39. The van der Waals surface area contributed by atoms with Gasteiger partial charge in [0.05, 0.1) is 12.7 Å². The third-order valence-corrected chi connectivity index (χ3v) is 2.83. The summed E-state index contributed by atoms with van der Waals surface area (Å²) >= 11 is 0. The van der Waals surface area contributed by atoms with E-state index in [1.165, 1.54) is 25.4 Å². The molecule has 0 radical (unpaired) electrons. The molecule has 1 aromatic heterocycles. The molecule has 0 aliphatic rings. The molecule has 1 N–H and O–H groups in total. The number of hydrogen-bond donors (Lipinski definition) is 1. The molecular formula is C14H12FNO3. The van der Waals surface area contributed by atoms with Crippen molar-refractivity contribution in [2.24, 2.45) is 0 Å². The van der Waals surface area contributed by atoms with Gasteiger partial charge in [-0.2, -0.15) is 0 Å². The molecule has 2 aromatic rings. The lowest BCUT2D eigenvalue weighted by Crippen LogP contribution is -2.00. The molecule has 0 spiro atoms. The average molecular weight is 261 g/mol. The smallest absolute Gasteiger partial charge is 0.335 e. The van der Waals surface area contributed by atoms with Gasteiger partial charge in [0.2, 0.25) is 0 Å². The summed E-state index contributed by atoms with van der Waals surface area (Å²) in [6.45, 7) is 1.69. The minimum atomic E-state index is -1.04. The molecule has 0 saturated heterocycles. The number of pyridine rings is 1. The molecule has 5 heteroatoms. The van der Waals surface area contributed by atoms with Crippen LogP contribution in [-0.2, 0) is 0 Å². The van der Waals surface area contributed by atoms with Crippen molar-refractivity contribution in [3.8, 4) is 17.0 Å². The zero-order valence-corrected chi connectivity index (χ0v) is 10.5. The van der Waals surface area contributed by atoms with Gasteiger partial charge in [0.1, 0.15) is 0 Å². The van der Waals surface area contributed by atoms with Crippen LogP contribution < -0.4 is 4.74 Å². The van der Waals surface area contributed by atoms with Crippen LogP contribution in [0.15, 0.2) is 30.5 Å². The number of aryl methyl sites for hydroxylation is 1. The number of rotatable bonds is 3. The van der Waals surface area contributed by atoms with Crippen LogP contribution in [0.4, 0.5) is 4.39 Å². The van der Waals surface area contributed by atoms with Gasteiger partial charge >= 0.3 is 5.97 Å². The maximum Gasteiger partial charge on any atom is 0.335 e. The van der Waals surface area contributed by atoms with Gasteiger partial charge in [-0.05, 0) is 30.2 Å². The Kier molecular flexibility index (Phi) is 3.46. The number of methoxy groups -OCH3 is 1. The van der Waals surface area contributed by atoms with Gasteiger partial charge in [-0.25, -0.2) is 14.2 Å². The summed E-state index contributed by atoms with van der Waals surface area (Å²) in [7, 11) is 1.33. The highest BCUT2D eigenvalue weighted by atomic mass is 19.1. The van der Waals surface area contributed by atoms with E-state index in [9.17, 15) is 9.18 Å². The van der Waals surface area contributed by atoms with E-state index < -0.39 is 11.8 Å². The fourth-order valence-electron chi connectivity index (χ4n) is 1.81. The number of carboxylic acids is 1. The molecule has 0 saturated carbocycles. The Balaban J connectivity index is 2.60. The van der Waals surface area contributed by atoms with E-state index in [1.54, 1.807) is 19.1 Å². The first-order valence-electron chi connectivity index (χ1n) is 5.57. The number of aromatic carboxylic acids is 1. The summed E-state index contributed by atoms with van der Waals surface area (Å²) in [4.78, 5) is 14.8. The third-order valence-electron chi connectivity index (χ3n) is 2.83. The molecule has 1 aromatic carbocycles. The van der Waals surface area contributed by atoms with E-state index in [1.807, 2.05) is 0 Å².